The summed E-state index contributed by atoms with van der Waals surface area (Å²) >= 11 is 0. The first-order valence-corrected chi connectivity index (χ1v) is 8.96. The van der Waals surface area contributed by atoms with E-state index < -0.39 is 0 Å². The van der Waals surface area contributed by atoms with Crippen LogP contribution in [0.2, 0.25) is 0 Å². The lowest BCUT2D eigenvalue weighted by Gasteiger charge is -2.34. The van der Waals surface area contributed by atoms with E-state index in [1.807, 2.05) is 28.9 Å². The Morgan fingerprint density at radius 2 is 2.16 bits per heavy atom. The van der Waals surface area contributed by atoms with E-state index in [2.05, 4.69) is 5.10 Å². The summed E-state index contributed by atoms with van der Waals surface area (Å²) in [5, 5.41) is 4.51. The summed E-state index contributed by atoms with van der Waals surface area (Å²) in [5.41, 5.74) is 5.71. The predicted octanol–water partition coefficient (Wildman–Crippen LogP) is 0.256. The number of ether oxygens (including phenoxy) is 1. The molecule has 1 aromatic rings. The minimum absolute atomic E-state index is 0.0531. The zero-order chi connectivity index (χ0) is 17.8. The summed E-state index contributed by atoms with van der Waals surface area (Å²) in [5.74, 6) is -0.425. The van der Waals surface area contributed by atoms with Gasteiger partial charge in [0.15, 0.2) is 0 Å². The van der Waals surface area contributed by atoms with Gasteiger partial charge in [-0.15, -0.1) is 0 Å². The quantitative estimate of drug-likeness (QED) is 0.795. The lowest BCUT2D eigenvalue weighted by Crippen LogP contribution is -2.50. The second kappa shape index (κ2) is 7.97. The first-order chi connectivity index (χ1) is 12.0. The molecule has 1 aliphatic carbocycles. The maximum Gasteiger partial charge on any atom is 0.274 e. The van der Waals surface area contributed by atoms with E-state index in [-0.39, 0.29) is 24.5 Å². The highest BCUT2D eigenvalue weighted by atomic mass is 16.5. The molecule has 2 fully saturated rings. The molecule has 8 nitrogen and oxygen atoms in total. The fourth-order valence-corrected chi connectivity index (χ4v) is 3.68. The van der Waals surface area contributed by atoms with Crippen LogP contribution in [0.15, 0.2) is 12.3 Å². The Morgan fingerprint density at radius 1 is 1.40 bits per heavy atom. The standard InChI is InChI=1S/C17H27N5O3/c1-20(12-16(18)23)10-14-11-21(8-9-25-14)17(24)15-6-7-22(19-15)13-4-2-3-5-13/h6-7,13-14H,2-5,8-12H2,1H3,(H2,18,23). The molecular formula is C17H27N5O3. The lowest BCUT2D eigenvalue weighted by atomic mass is 10.2. The molecule has 1 unspecified atom stereocenters. The number of morpholine rings is 1. The average molecular weight is 349 g/mol. The maximum atomic E-state index is 12.7. The maximum absolute atomic E-state index is 12.7. The van der Waals surface area contributed by atoms with Gasteiger partial charge in [0, 0.05) is 25.8 Å². The van der Waals surface area contributed by atoms with E-state index in [9.17, 15) is 9.59 Å². The van der Waals surface area contributed by atoms with Crippen LogP contribution >= 0.6 is 0 Å². The molecule has 1 atom stereocenters. The molecule has 1 saturated carbocycles. The molecule has 0 spiro atoms. The summed E-state index contributed by atoms with van der Waals surface area (Å²) in [6.45, 7) is 2.29. The van der Waals surface area contributed by atoms with Crippen molar-refractivity contribution in [3.05, 3.63) is 18.0 Å². The monoisotopic (exact) mass is 349 g/mol. The molecule has 25 heavy (non-hydrogen) atoms. The second-order valence-electron chi connectivity index (χ2n) is 7.03. The van der Waals surface area contributed by atoms with E-state index >= 15 is 0 Å². The number of nitrogens with zero attached hydrogens (tertiary/aromatic N) is 4. The molecule has 0 bridgehead atoms. The van der Waals surface area contributed by atoms with Gasteiger partial charge < -0.3 is 15.4 Å². The minimum Gasteiger partial charge on any atom is -0.373 e. The van der Waals surface area contributed by atoms with Gasteiger partial charge in [-0.2, -0.15) is 5.10 Å². The Labute approximate surface area is 147 Å². The van der Waals surface area contributed by atoms with Crippen LogP contribution in [0.3, 0.4) is 0 Å². The molecule has 1 aliphatic heterocycles. The Balaban J connectivity index is 1.57. The zero-order valence-electron chi connectivity index (χ0n) is 14.8. The van der Waals surface area contributed by atoms with Crippen LogP contribution in [0.4, 0.5) is 0 Å². The lowest BCUT2D eigenvalue weighted by molar-refractivity contribution is -0.119. The van der Waals surface area contributed by atoms with Crippen LogP contribution < -0.4 is 5.73 Å². The van der Waals surface area contributed by atoms with Gasteiger partial charge in [0.05, 0.1) is 25.3 Å². The third kappa shape index (κ3) is 4.58. The number of hydrogen-bond donors (Lipinski definition) is 1. The summed E-state index contributed by atoms with van der Waals surface area (Å²) in [4.78, 5) is 27.3. The summed E-state index contributed by atoms with van der Waals surface area (Å²) in [6, 6.07) is 2.24. The van der Waals surface area contributed by atoms with E-state index in [4.69, 9.17) is 10.5 Å². The number of aromatic nitrogens is 2. The molecule has 138 valence electrons. The van der Waals surface area contributed by atoms with Crippen molar-refractivity contribution in [1.82, 2.24) is 19.6 Å². The average Bonchev–Trinajstić information content (AvgIpc) is 3.24. The van der Waals surface area contributed by atoms with Crippen LogP contribution in [-0.4, -0.2) is 77.3 Å². The molecule has 0 radical (unpaired) electrons. The van der Waals surface area contributed by atoms with Gasteiger partial charge in [-0.1, -0.05) is 12.8 Å². The SMILES string of the molecule is CN(CC(N)=O)CC1CN(C(=O)c2ccn(C3CCCC3)n2)CCO1. The Hall–Kier alpha value is -1.93. The molecule has 1 saturated heterocycles. The van der Waals surface area contributed by atoms with Crippen molar-refractivity contribution in [2.24, 2.45) is 5.73 Å². The van der Waals surface area contributed by atoms with Crippen LogP contribution in [-0.2, 0) is 9.53 Å². The summed E-state index contributed by atoms with van der Waals surface area (Å²) in [6.07, 6.45) is 6.54. The van der Waals surface area contributed by atoms with Crippen molar-refractivity contribution in [3.63, 3.8) is 0 Å². The molecule has 2 heterocycles. The zero-order valence-corrected chi connectivity index (χ0v) is 14.8. The van der Waals surface area contributed by atoms with Crippen LogP contribution in [0.5, 0.6) is 0 Å². The smallest absolute Gasteiger partial charge is 0.274 e. The first-order valence-electron chi connectivity index (χ1n) is 8.96. The molecule has 2 N–H and O–H groups in total. The third-order valence-corrected chi connectivity index (χ3v) is 4.89. The van der Waals surface area contributed by atoms with Crippen molar-refractivity contribution in [2.75, 3.05) is 39.8 Å². The minimum atomic E-state index is -0.372. The Kier molecular flexibility index (Phi) is 5.70. The molecule has 3 rings (SSSR count). The highest BCUT2D eigenvalue weighted by Gasteiger charge is 2.28. The third-order valence-electron chi connectivity index (χ3n) is 4.89. The highest BCUT2D eigenvalue weighted by Crippen LogP contribution is 2.28. The van der Waals surface area contributed by atoms with Crippen LogP contribution in [0.25, 0.3) is 0 Å². The number of primary amides is 1. The Bertz CT molecular complexity index is 611. The van der Waals surface area contributed by atoms with Crippen LogP contribution in [0, 0.1) is 0 Å². The number of amides is 2. The highest BCUT2D eigenvalue weighted by molar-refractivity contribution is 5.92. The van der Waals surface area contributed by atoms with Gasteiger partial charge in [-0.25, -0.2) is 0 Å². The number of hydrogen-bond acceptors (Lipinski definition) is 5. The van der Waals surface area contributed by atoms with E-state index in [1.165, 1.54) is 12.8 Å². The number of nitrogens with two attached hydrogens (primary N) is 1. The number of carbonyl (C=O) groups excluding carboxylic acids is 2. The van der Waals surface area contributed by atoms with Crippen molar-refractivity contribution in [1.29, 1.82) is 0 Å². The molecule has 1 aromatic heterocycles. The number of likely N-dealkylation sites (N-methyl/N-ethyl adjacent to an activating group) is 1. The molecule has 8 heteroatoms. The number of carbonyl (C=O) groups is 2. The van der Waals surface area contributed by atoms with Crippen molar-refractivity contribution in [2.45, 2.75) is 37.8 Å². The fourth-order valence-electron chi connectivity index (χ4n) is 3.68. The van der Waals surface area contributed by atoms with Crippen molar-refractivity contribution < 1.29 is 14.3 Å². The van der Waals surface area contributed by atoms with E-state index in [1.54, 1.807) is 4.90 Å². The van der Waals surface area contributed by atoms with Crippen LogP contribution in [0.1, 0.15) is 42.2 Å². The van der Waals surface area contributed by atoms with Crippen molar-refractivity contribution >= 4 is 11.8 Å². The van der Waals surface area contributed by atoms with Gasteiger partial charge >= 0.3 is 0 Å². The Morgan fingerprint density at radius 3 is 2.88 bits per heavy atom. The van der Waals surface area contributed by atoms with Gasteiger partial charge in [-0.3, -0.25) is 19.2 Å². The fraction of sp³-hybridized carbons (Fsp3) is 0.706. The van der Waals surface area contributed by atoms with Gasteiger partial charge in [0.25, 0.3) is 5.91 Å². The molecular weight excluding hydrogens is 322 g/mol. The second-order valence-corrected chi connectivity index (χ2v) is 7.03. The molecule has 2 amide bonds. The normalized spacial score (nSPS) is 21.8. The van der Waals surface area contributed by atoms with Gasteiger partial charge in [0.2, 0.25) is 5.91 Å². The topological polar surface area (TPSA) is 93.7 Å². The van der Waals surface area contributed by atoms with E-state index in [0.717, 1.165) is 12.8 Å². The summed E-state index contributed by atoms with van der Waals surface area (Å²) < 4.78 is 7.66. The van der Waals surface area contributed by atoms with E-state index in [0.29, 0.717) is 38.0 Å². The number of rotatable bonds is 6. The molecule has 2 aliphatic rings. The van der Waals surface area contributed by atoms with Gasteiger partial charge in [-0.05, 0) is 26.0 Å². The first kappa shape index (κ1) is 17.9. The largest absolute Gasteiger partial charge is 0.373 e. The predicted molar refractivity (Wildman–Crippen MR) is 92.1 cm³/mol. The molecule has 0 aromatic carbocycles. The summed E-state index contributed by atoms with van der Waals surface area (Å²) in [7, 11) is 1.82. The van der Waals surface area contributed by atoms with Crippen molar-refractivity contribution in [3.8, 4) is 0 Å². The van der Waals surface area contributed by atoms with Gasteiger partial charge in [0.1, 0.15) is 5.69 Å².